The van der Waals surface area contributed by atoms with Crippen LogP contribution in [0.2, 0.25) is 0 Å². The molecule has 2 heteroatoms. The van der Waals surface area contributed by atoms with Crippen LogP contribution < -0.4 is 9.80 Å². The summed E-state index contributed by atoms with van der Waals surface area (Å²) in [5.41, 5.74) is 20.3. The molecule has 0 saturated heterocycles. The molecule has 14 aromatic rings. The first-order chi connectivity index (χ1) is 39.7. The zero-order valence-corrected chi connectivity index (χ0v) is 44.1. The molecule has 0 radical (unpaired) electrons. The van der Waals surface area contributed by atoms with Crippen molar-refractivity contribution in [3.63, 3.8) is 0 Å². The largest absolute Gasteiger partial charge is 0.310 e. The van der Waals surface area contributed by atoms with Gasteiger partial charge in [0.05, 0.1) is 11.4 Å². The maximum atomic E-state index is 2.46. The van der Waals surface area contributed by atoms with Crippen molar-refractivity contribution >= 4 is 66.4 Å². The Labute approximate surface area is 468 Å². The van der Waals surface area contributed by atoms with E-state index in [1.165, 1.54) is 54.9 Å². The third-order valence-electron chi connectivity index (χ3n) is 15.6. The van der Waals surface area contributed by atoms with E-state index in [1.807, 2.05) is 0 Å². The molecule has 0 aliphatic rings. The molecular formula is C78H54N2. The first-order valence-electron chi connectivity index (χ1n) is 27.5. The second kappa shape index (κ2) is 21.1. The lowest BCUT2D eigenvalue weighted by Gasteiger charge is -2.31. The number of hydrogen-bond donors (Lipinski definition) is 0. The van der Waals surface area contributed by atoms with Crippen LogP contribution in [0.25, 0.3) is 99.1 Å². The Kier molecular flexibility index (Phi) is 12.6. The van der Waals surface area contributed by atoms with Crippen LogP contribution in [-0.4, -0.2) is 0 Å². The molecular weight excluding hydrogens is 965 g/mol. The van der Waals surface area contributed by atoms with Crippen LogP contribution in [0, 0.1) is 0 Å². The number of anilines is 6. The number of benzene rings is 14. The minimum Gasteiger partial charge on any atom is -0.310 e. The monoisotopic (exact) mass is 1020 g/mol. The van der Waals surface area contributed by atoms with Gasteiger partial charge >= 0.3 is 0 Å². The fraction of sp³-hybridized carbons (Fsp3) is 0. The highest BCUT2D eigenvalue weighted by atomic mass is 15.2. The van der Waals surface area contributed by atoms with Gasteiger partial charge in [0.2, 0.25) is 0 Å². The molecule has 2 nitrogen and oxygen atoms in total. The fourth-order valence-electron chi connectivity index (χ4n) is 11.7. The summed E-state index contributed by atoms with van der Waals surface area (Å²) in [6.07, 6.45) is 0. The Balaban J connectivity index is 1.01. The van der Waals surface area contributed by atoms with Crippen LogP contribution in [0.15, 0.2) is 328 Å². The van der Waals surface area contributed by atoms with Gasteiger partial charge in [-0.1, -0.05) is 255 Å². The van der Waals surface area contributed by atoms with Crippen LogP contribution in [-0.2, 0) is 0 Å². The zero-order valence-electron chi connectivity index (χ0n) is 44.1. The van der Waals surface area contributed by atoms with Gasteiger partial charge in [-0.2, -0.15) is 0 Å². The predicted octanol–water partition coefficient (Wildman–Crippen LogP) is 22.1. The summed E-state index contributed by atoms with van der Waals surface area (Å²) >= 11 is 0. The van der Waals surface area contributed by atoms with Crippen LogP contribution in [0.1, 0.15) is 0 Å². The number of rotatable bonds is 12. The predicted molar refractivity (Wildman–Crippen MR) is 341 cm³/mol. The molecule has 0 spiro atoms. The molecule has 376 valence electrons. The van der Waals surface area contributed by atoms with Gasteiger partial charge in [-0.05, 0) is 161 Å². The molecule has 0 amide bonds. The van der Waals surface area contributed by atoms with Crippen molar-refractivity contribution in [2.24, 2.45) is 0 Å². The molecule has 0 atom stereocenters. The summed E-state index contributed by atoms with van der Waals surface area (Å²) in [7, 11) is 0. The van der Waals surface area contributed by atoms with Crippen molar-refractivity contribution in [1.82, 2.24) is 0 Å². The zero-order chi connectivity index (χ0) is 53.2. The Hall–Kier alpha value is -10.5. The SMILES string of the molecule is c1ccc(-c2cccc(N(c3ccc(-c4cccc5ccccc45)cc3)c3cc4cc(N(c5ccc(-c6cccc7ccccc67)cc5)c5cccc(-c6ccccc6)c5)c(-c5ccccc5)cc4cc3-c3ccccc3)c2)cc1. The van der Waals surface area contributed by atoms with Gasteiger partial charge in [0.25, 0.3) is 0 Å². The van der Waals surface area contributed by atoms with E-state index in [-0.39, 0.29) is 0 Å². The van der Waals surface area contributed by atoms with E-state index < -0.39 is 0 Å². The van der Waals surface area contributed by atoms with E-state index in [0.717, 1.165) is 78.3 Å². The van der Waals surface area contributed by atoms with E-state index in [4.69, 9.17) is 0 Å². The van der Waals surface area contributed by atoms with E-state index in [9.17, 15) is 0 Å². The van der Waals surface area contributed by atoms with Gasteiger partial charge in [0.15, 0.2) is 0 Å². The second-order valence-corrected chi connectivity index (χ2v) is 20.5. The molecule has 14 aromatic carbocycles. The lowest BCUT2D eigenvalue weighted by atomic mass is 9.92. The van der Waals surface area contributed by atoms with E-state index in [1.54, 1.807) is 0 Å². The molecule has 0 aromatic heterocycles. The maximum absolute atomic E-state index is 2.46. The number of hydrogen-bond acceptors (Lipinski definition) is 2. The van der Waals surface area contributed by atoms with Crippen LogP contribution in [0.4, 0.5) is 34.1 Å². The van der Waals surface area contributed by atoms with E-state index in [2.05, 4.69) is 337 Å². The molecule has 14 rings (SSSR count). The highest BCUT2D eigenvalue weighted by Gasteiger charge is 2.24. The van der Waals surface area contributed by atoms with Crippen molar-refractivity contribution < 1.29 is 0 Å². The summed E-state index contributed by atoms with van der Waals surface area (Å²) in [4.78, 5) is 4.91. The van der Waals surface area contributed by atoms with Gasteiger partial charge in [0, 0.05) is 33.9 Å². The fourth-order valence-corrected chi connectivity index (χ4v) is 11.7. The maximum Gasteiger partial charge on any atom is 0.0546 e. The Bertz CT molecular complexity index is 4200. The minimum atomic E-state index is 1.06. The topological polar surface area (TPSA) is 6.48 Å². The average Bonchev–Trinajstić information content (AvgIpc) is 3.57. The second-order valence-electron chi connectivity index (χ2n) is 20.5. The van der Waals surface area contributed by atoms with Gasteiger partial charge in [-0.15, -0.1) is 0 Å². The Morgan fingerprint density at radius 3 is 0.887 bits per heavy atom. The molecule has 0 unspecified atom stereocenters. The van der Waals surface area contributed by atoms with Crippen LogP contribution in [0.5, 0.6) is 0 Å². The van der Waals surface area contributed by atoms with Crippen molar-refractivity contribution in [3.8, 4) is 66.8 Å². The summed E-state index contributed by atoms with van der Waals surface area (Å²) in [6, 6.07) is 120. The molecule has 80 heavy (non-hydrogen) atoms. The molecule has 0 bridgehead atoms. The van der Waals surface area contributed by atoms with Crippen LogP contribution in [0.3, 0.4) is 0 Å². The van der Waals surface area contributed by atoms with E-state index in [0.29, 0.717) is 0 Å². The van der Waals surface area contributed by atoms with Gasteiger partial charge < -0.3 is 9.80 Å². The summed E-state index contributed by atoms with van der Waals surface area (Å²) in [6.45, 7) is 0. The molecule has 0 N–H and O–H groups in total. The first-order valence-corrected chi connectivity index (χ1v) is 27.5. The van der Waals surface area contributed by atoms with Gasteiger partial charge in [-0.25, -0.2) is 0 Å². The highest BCUT2D eigenvalue weighted by molar-refractivity contribution is 6.05. The van der Waals surface area contributed by atoms with Crippen molar-refractivity contribution in [2.75, 3.05) is 9.80 Å². The molecule has 0 aliphatic heterocycles. The van der Waals surface area contributed by atoms with Crippen molar-refractivity contribution in [2.45, 2.75) is 0 Å². The summed E-state index contributed by atoms with van der Waals surface area (Å²) in [5.74, 6) is 0. The smallest absolute Gasteiger partial charge is 0.0546 e. The number of fused-ring (bicyclic) bond motifs is 3. The summed E-state index contributed by atoms with van der Waals surface area (Å²) in [5, 5.41) is 7.19. The minimum absolute atomic E-state index is 1.06. The van der Waals surface area contributed by atoms with Gasteiger partial charge in [-0.3, -0.25) is 0 Å². The van der Waals surface area contributed by atoms with E-state index >= 15 is 0 Å². The average molecular weight is 1020 g/mol. The molecule has 0 saturated carbocycles. The molecule has 0 heterocycles. The first kappa shape index (κ1) is 47.9. The summed E-state index contributed by atoms with van der Waals surface area (Å²) < 4.78 is 0. The quantitative estimate of drug-likeness (QED) is 0.120. The lowest BCUT2D eigenvalue weighted by molar-refractivity contribution is 1.28. The Morgan fingerprint density at radius 2 is 0.475 bits per heavy atom. The molecule has 0 aliphatic carbocycles. The van der Waals surface area contributed by atoms with Crippen molar-refractivity contribution in [1.29, 1.82) is 0 Å². The van der Waals surface area contributed by atoms with Crippen molar-refractivity contribution in [3.05, 3.63) is 328 Å². The normalized spacial score (nSPS) is 11.2. The Morgan fingerprint density at radius 1 is 0.163 bits per heavy atom. The lowest BCUT2D eigenvalue weighted by Crippen LogP contribution is -2.13. The number of nitrogens with zero attached hydrogens (tertiary/aromatic N) is 2. The van der Waals surface area contributed by atoms with Crippen LogP contribution >= 0.6 is 0 Å². The standard InChI is InChI=1S/C78H54N2/c1-5-21-55(22-6-1)63-33-17-35-69(49-63)79(67-45-41-61(42-46-67)73-39-19-31-57-29-13-15-37-71(57)73)77-53-66-54-78(76(60-27-11-4-12-28-60)52-65(66)51-75(77)59-25-9-3-10-26-59)80(70-36-18-34-64(50-70)56-23-7-2-8-24-56)68-47-43-62(44-48-68)74-40-20-32-58-30-14-16-38-72(58)74/h1-54H. The molecule has 0 fully saturated rings. The third-order valence-corrected chi connectivity index (χ3v) is 15.6. The highest BCUT2D eigenvalue weighted by Crippen LogP contribution is 2.49. The van der Waals surface area contributed by atoms with Gasteiger partial charge in [0.1, 0.15) is 0 Å². The third kappa shape index (κ3) is 9.25.